The molecule has 6 rings (SSSR count). The fraction of sp³-hybridized carbons (Fsp3) is 0.893. The highest BCUT2D eigenvalue weighted by atomic mass is 16.2. The van der Waals surface area contributed by atoms with Crippen molar-refractivity contribution in [3.05, 3.63) is 11.6 Å². The summed E-state index contributed by atoms with van der Waals surface area (Å²) in [7, 11) is 4.45. The number of rotatable bonds is 1. The molecule has 0 N–H and O–H groups in total. The van der Waals surface area contributed by atoms with Gasteiger partial charge in [-0.05, 0) is 113 Å². The van der Waals surface area contributed by atoms with E-state index in [1.165, 1.54) is 64.3 Å². The number of fused-ring (bicyclic) bond motifs is 4. The maximum Gasteiger partial charge on any atom is 0.319 e. The van der Waals surface area contributed by atoms with E-state index < -0.39 is 0 Å². The molecule has 4 heteroatoms. The molecular formula is C28H45N3O. The molecule has 8 atom stereocenters. The van der Waals surface area contributed by atoms with Crippen molar-refractivity contribution in [2.75, 3.05) is 33.7 Å². The van der Waals surface area contributed by atoms with E-state index in [4.69, 9.17) is 0 Å². The number of hydrogen-bond acceptors (Lipinski definition) is 2. The minimum absolute atomic E-state index is 0.279. The van der Waals surface area contributed by atoms with E-state index in [1.807, 2.05) is 0 Å². The number of carbonyl (C=O) groups is 1. The summed E-state index contributed by atoms with van der Waals surface area (Å²) in [6.07, 6.45) is 15.8. The molecule has 3 saturated carbocycles. The monoisotopic (exact) mass is 439 g/mol. The van der Waals surface area contributed by atoms with Crippen LogP contribution in [0.25, 0.3) is 0 Å². The van der Waals surface area contributed by atoms with Crippen LogP contribution in [0.4, 0.5) is 4.79 Å². The first-order chi connectivity index (χ1) is 15.3. The summed E-state index contributed by atoms with van der Waals surface area (Å²) < 4.78 is 0. The average Bonchev–Trinajstić information content (AvgIpc) is 3.49. The van der Waals surface area contributed by atoms with Crippen molar-refractivity contribution in [1.29, 1.82) is 0 Å². The van der Waals surface area contributed by atoms with E-state index >= 15 is 0 Å². The molecule has 0 aromatic heterocycles. The predicted octanol–water partition coefficient (Wildman–Crippen LogP) is 5.40. The zero-order valence-corrected chi connectivity index (χ0v) is 21.0. The lowest BCUT2D eigenvalue weighted by Gasteiger charge is -2.58. The van der Waals surface area contributed by atoms with Gasteiger partial charge in [0.1, 0.15) is 0 Å². The van der Waals surface area contributed by atoms with Crippen LogP contribution in [0.15, 0.2) is 11.6 Å². The lowest BCUT2D eigenvalue weighted by molar-refractivity contribution is -0.0429. The van der Waals surface area contributed by atoms with Gasteiger partial charge in [-0.1, -0.05) is 18.6 Å². The molecule has 5 fully saturated rings. The van der Waals surface area contributed by atoms with Crippen molar-refractivity contribution in [1.82, 2.24) is 14.7 Å². The molecule has 0 bridgehead atoms. The van der Waals surface area contributed by atoms with Gasteiger partial charge in [-0.25, -0.2) is 4.79 Å². The van der Waals surface area contributed by atoms with Crippen LogP contribution in [-0.2, 0) is 0 Å². The maximum atomic E-state index is 13.0. The first-order valence-electron chi connectivity index (χ1n) is 13.8. The Balaban J connectivity index is 1.21. The molecule has 32 heavy (non-hydrogen) atoms. The SMILES string of the molecule is C[C@H]1[C@H]2CC[C@H]3[C@@H]4CC=C5C[C@@H](N(C)C(=O)N6CCCC6)CC[C@]5(C)C4CC[C@]23CN1C. The molecule has 2 amide bonds. The molecule has 4 nitrogen and oxygen atoms in total. The fourth-order valence-corrected chi connectivity index (χ4v) is 10.1. The predicted molar refractivity (Wildman–Crippen MR) is 129 cm³/mol. The van der Waals surface area contributed by atoms with Gasteiger partial charge in [0.25, 0.3) is 0 Å². The van der Waals surface area contributed by atoms with E-state index in [1.54, 1.807) is 5.57 Å². The molecule has 6 aliphatic rings. The number of carbonyl (C=O) groups excluding carboxylic acids is 1. The third kappa shape index (κ3) is 2.86. The van der Waals surface area contributed by atoms with Crippen molar-refractivity contribution in [3.63, 3.8) is 0 Å². The van der Waals surface area contributed by atoms with E-state index in [0.717, 1.165) is 49.2 Å². The van der Waals surface area contributed by atoms with Gasteiger partial charge in [0, 0.05) is 38.8 Å². The van der Waals surface area contributed by atoms with E-state index in [-0.39, 0.29) is 6.03 Å². The van der Waals surface area contributed by atoms with Gasteiger partial charge in [-0.3, -0.25) is 0 Å². The smallest absolute Gasteiger partial charge is 0.319 e. The first kappa shape index (κ1) is 21.5. The summed E-state index contributed by atoms with van der Waals surface area (Å²) >= 11 is 0. The van der Waals surface area contributed by atoms with Crippen LogP contribution >= 0.6 is 0 Å². The standard InChI is InChI=1S/C28H45N3O/c1-19-23-9-10-25-22-8-7-20-17-21(30(4)26(32)31-15-5-6-16-31)11-13-27(20,2)24(22)12-14-28(23,25)18-29(19)3/h7,19,21-25H,5-6,8-18H2,1-4H3/t19-,21-,22+,23+,24?,25-,27-,28-/m0/s1. The molecular weight excluding hydrogens is 394 g/mol. The highest BCUT2D eigenvalue weighted by Gasteiger charge is 2.64. The quantitative estimate of drug-likeness (QED) is 0.512. The number of amides is 2. The van der Waals surface area contributed by atoms with Crippen LogP contribution in [0.1, 0.15) is 78.1 Å². The molecule has 2 saturated heterocycles. The molecule has 1 spiro atoms. The Labute approximate surface area is 195 Å². The minimum Gasteiger partial charge on any atom is -0.325 e. The fourth-order valence-electron chi connectivity index (χ4n) is 10.1. The maximum absolute atomic E-state index is 13.0. The molecule has 4 aliphatic carbocycles. The normalized spacial score (nSPS) is 48.0. The summed E-state index contributed by atoms with van der Waals surface area (Å²) in [5.41, 5.74) is 2.71. The van der Waals surface area contributed by atoms with Gasteiger partial charge in [0.2, 0.25) is 0 Å². The summed E-state index contributed by atoms with van der Waals surface area (Å²) in [6, 6.07) is 1.46. The van der Waals surface area contributed by atoms with Crippen LogP contribution in [0, 0.1) is 34.5 Å². The van der Waals surface area contributed by atoms with Crippen LogP contribution < -0.4 is 0 Å². The Morgan fingerprint density at radius 1 is 1.06 bits per heavy atom. The van der Waals surface area contributed by atoms with Crippen molar-refractivity contribution in [2.24, 2.45) is 34.5 Å². The number of nitrogens with zero attached hydrogens (tertiary/aromatic N) is 3. The third-order valence-electron chi connectivity index (χ3n) is 11.9. The Morgan fingerprint density at radius 2 is 1.81 bits per heavy atom. The molecule has 2 heterocycles. The number of hydrogen-bond donors (Lipinski definition) is 0. The Bertz CT molecular complexity index is 802. The zero-order valence-electron chi connectivity index (χ0n) is 21.0. The highest BCUT2D eigenvalue weighted by Crippen LogP contribution is 2.68. The van der Waals surface area contributed by atoms with Gasteiger partial charge < -0.3 is 14.7 Å². The summed E-state index contributed by atoms with van der Waals surface area (Å²) in [5.74, 6) is 3.67. The lowest BCUT2D eigenvalue weighted by atomic mass is 9.47. The molecule has 2 aliphatic heterocycles. The Morgan fingerprint density at radius 3 is 2.59 bits per heavy atom. The largest absolute Gasteiger partial charge is 0.325 e. The molecule has 0 radical (unpaired) electrons. The number of likely N-dealkylation sites (tertiary alicyclic amines) is 2. The average molecular weight is 440 g/mol. The van der Waals surface area contributed by atoms with Crippen LogP contribution in [0.3, 0.4) is 0 Å². The lowest BCUT2D eigenvalue weighted by Crippen LogP contribution is -2.53. The third-order valence-corrected chi connectivity index (χ3v) is 11.9. The second kappa shape index (κ2) is 7.48. The van der Waals surface area contributed by atoms with Gasteiger partial charge in [-0.2, -0.15) is 0 Å². The Kier molecular flexibility index (Phi) is 5.03. The van der Waals surface area contributed by atoms with Crippen molar-refractivity contribution >= 4 is 6.03 Å². The Hall–Kier alpha value is -1.03. The second-order valence-electron chi connectivity index (χ2n) is 12.9. The molecule has 1 unspecified atom stereocenters. The topological polar surface area (TPSA) is 26.8 Å². The van der Waals surface area contributed by atoms with Gasteiger partial charge >= 0.3 is 6.03 Å². The molecule has 0 aromatic rings. The number of allylic oxidation sites excluding steroid dienone is 1. The highest BCUT2D eigenvalue weighted by molar-refractivity contribution is 5.74. The van der Waals surface area contributed by atoms with Crippen LogP contribution in [0.5, 0.6) is 0 Å². The summed E-state index contributed by atoms with van der Waals surface area (Å²) in [6.45, 7) is 8.37. The zero-order chi connectivity index (χ0) is 22.3. The van der Waals surface area contributed by atoms with Gasteiger partial charge in [-0.15, -0.1) is 0 Å². The molecule has 178 valence electrons. The van der Waals surface area contributed by atoms with E-state index in [2.05, 4.69) is 48.7 Å². The molecule has 0 aromatic carbocycles. The van der Waals surface area contributed by atoms with Gasteiger partial charge in [0.15, 0.2) is 0 Å². The van der Waals surface area contributed by atoms with Crippen molar-refractivity contribution in [3.8, 4) is 0 Å². The van der Waals surface area contributed by atoms with Crippen LogP contribution in [-0.4, -0.2) is 66.5 Å². The van der Waals surface area contributed by atoms with Gasteiger partial charge in [0.05, 0.1) is 0 Å². The van der Waals surface area contributed by atoms with Crippen molar-refractivity contribution in [2.45, 2.75) is 90.1 Å². The minimum atomic E-state index is 0.279. The van der Waals surface area contributed by atoms with E-state index in [0.29, 0.717) is 16.9 Å². The van der Waals surface area contributed by atoms with Crippen molar-refractivity contribution < 1.29 is 4.79 Å². The summed E-state index contributed by atoms with van der Waals surface area (Å²) in [4.78, 5) is 19.9. The number of urea groups is 1. The second-order valence-corrected chi connectivity index (χ2v) is 12.9. The first-order valence-corrected chi connectivity index (χ1v) is 13.8. The summed E-state index contributed by atoms with van der Waals surface area (Å²) in [5, 5.41) is 0. The van der Waals surface area contributed by atoms with Crippen LogP contribution in [0.2, 0.25) is 0 Å². The van der Waals surface area contributed by atoms with E-state index in [9.17, 15) is 4.79 Å².